The van der Waals surface area contributed by atoms with Gasteiger partial charge in [-0.3, -0.25) is 14.5 Å². The first-order chi connectivity index (χ1) is 13.4. The number of aromatic nitrogens is 3. The van der Waals surface area contributed by atoms with Crippen molar-refractivity contribution in [3.8, 4) is 11.8 Å². The van der Waals surface area contributed by atoms with E-state index in [1.165, 1.54) is 29.7 Å². The third-order valence-electron chi connectivity index (χ3n) is 4.21. The SMILES string of the molecule is CSC(CNC(=O)c1cn(C)nc1C(F)F)c1ncc(C#CC2CC2)cc1Cl. The maximum atomic E-state index is 13.0. The number of nitrogens with zero attached hydrogens (tertiary/aromatic N) is 3. The van der Waals surface area contributed by atoms with E-state index in [0.29, 0.717) is 16.6 Å². The van der Waals surface area contributed by atoms with Gasteiger partial charge in [-0.15, -0.1) is 0 Å². The zero-order valence-corrected chi connectivity index (χ0v) is 16.9. The number of thioether (sulfide) groups is 1. The van der Waals surface area contributed by atoms with Crippen LogP contribution in [0.1, 0.15) is 51.8 Å². The van der Waals surface area contributed by atoms with Crippen molar-refractivity contribution in [2.24, 2.45) is 13.0 Å². The van der Waals surface area contributed by atoms with Crippen molar-refractivity contribution in [1.29, 1.82) is 0 Å². The average Bonchev–Trinajstić information content (AvgIpc) is 3.40. The lowest BCUT2D eigenvalue weighted by Gasteiger charge is -2.16. The van der Waals surface area contributed by atoms with E-state index < -0.39 is 18.0 Å². The first-order valence-corrected chi connectivity index (χ1v) is 10.3. The Morgan fingerprint density at radius 3 is 2.82 bits per heavy atom. The summed E-state index contributed by atoms with van der Waals surface area (Å²) < 4.78 is 27.3. The number of carbonyl (C=O) groups is 1. The van der Waals surface area contributed by atoms with Crippen molar-refractivity contribution in [3.63, 3.8) is 0 Å². The fourth-order valence-corrected chi connectivity index (χ4v) is 3.60. The van der Waals surface area contributed by atoms with Gasteiger partial charge in [0.05, 0.1) is 21.5 Å². The van der Waals surface area contributed by atoms with E-state index in [2.05, 4.69) is 27.2 Å². The summed E-state index contributed by atoms with van der Waals surface area (Å²) >= 11 is 7.82. The third kappa shape index (κ3) is 5.03. The van der Waals surface area contributed by atoms with Gasteiger partial charge >= 0.3 is 0 Å². The Morgan fingerprint density at radius 1 is 1.46 bits per heavy atom. The van der Waals surface area contributed by atoms with Gasteiger partial charge in [-0.2, -0.15) is 16.9 Å². The molecule has 28 heavy (non-hydrogen) atoms. The Kier molecular flexibility index (Phi) is 6.57. The molecular formula is C19H19ClF2N4OS. The number of nitrogens with one attached hydrogen (secondary N) is 1. The first kappa shape index (κ1) is 20.6. The third-order valence-corrected chi connectivity index (χ3v) is 5.48. The minimum atomic E-state index is -2.82. The first-order valence-electron chi connectivity index (χ1n) is 8.68. The summed E-state index contributed by atoms with van der Waals surface area (Å²) in [6, 6.07) is 1.76. The van der Waals surface area contributed by atoms with E-state index in [-0.39, 0.29) is 17.4 Å². The largest absolute Gasteiger partial charge is 0.350 e. The quantitative estimate of drug-likeness (QED) is 0.712. The topological polar surface area (TPSA) is 59.8 Å². The van der Waals surface area contributed by atoms with Gasteiger partial charge in [-0.25, -0.2) is 8.78 Å². The molecule has 1 aliphatic carbocycles. The highest BCUT2D eigenvalue weighted by Gasteiger charge is 2.24. The molecule has 0 bridgehead atoms. The van der Waals surface area contributed by atoms with E-state index in [4.69, 9.17) is 11.6 Å². The molecule has 3 rings (SSSR count). The van der Waals surface area contributed by atoms with Crippen LogP contribution >= 0.6 is 23.4 Å². The van der Waals surface area contributed by atoms with Gasteiger partial charge in [-0.05, 0) is 25.2 Å². The van der Waals surface area contributed by atoms with Crippen molar-refractivity contribution in [2.45, 2.75) is 24.5 Å². The number of aryl methyl sites for hydroxylation is 1. The molecule has 5 nitrogen and oxygen atoms in total. The number of hydrogen-bond acceptors (Lipinski definition) is 4. The standard InChI is InChI=1S/C19H19ClF2N4OS/c1-26-10-13(16(25-26)18(21)22)19(27)24-9-15(28-2)17-14(20)7-12(8-23-17)6-5-11-3-4-11/h7-8,10-11,15,18H,3-4,9H2,1-2H3,(H,24,27). The molecule has 1 atom stereocenters. The second-order valence-electron chi connectivity index (χ2n) is 6.47. The minimum Gasteiger partial charge on any atom is -0.350 e. The fourth-order valence-electron chi connectivity index (χ4n) is 2.58. The Hall–Kier alpha value is -2.11. The maximum Gasteiger partial charge on any atom is 0.282 e. The van der Waals surface area contributed by atoms with Crippen LogP contribution in [0.2, 0.25) is 5.02 Å². The summed E-state index contributed by atoms with van der Waals surface area (Å²) in [7, 11) is 1.49. The van der Waals surface area contributed by atoms with Crippen molar-refractivity contribution in [2.75, 3.05) is 12.8 Å². The van der Waals surface area contributed by atoms with Crippen LogP contribution in [-0.2, 0) is 7.05 Å². The van der Waals surface area contributed by atoms with Gasteiger partial charge in [0.15, 0.2) is 0 Å². The predicted octanol–water partition coefficient (Wildman–Crippen LogP) is 4.00. The van der Waals surface area contributed by atoms with E-state index in [9.17, 15) is 13.6 Å². The molecule has 1 N–H and O–H groups in total. The highest BCUT2D eigenvalue weighted by Crippen LogP contribution is 2.31. The van der Waals surface area contributed by atoms with Crippen LogP contribution in [0, 0.1) is 17.8 Å². The molecule has 2 aromatic rings. The number of carbonyl (C=O) groups excluding carboxylic acids is 1. The highest BCUT2D eigenvalue weighted by atomic mass is 35.5. The van der Waals surface area contributed by atoms with E-state index in [0.717, 1.165) is 18.4 Å². The summed E-state index contributed by atoms with van der Waals surface area (Å²) in [5.41, 5.74) is 0.700. The number of rotatable bonds is 6. The molecule has 1 aliphatic rings. The lowest BCUT2D eigenvalue weighted by Crippen LogP contribution is -2.28. The van der Waals surface area contributed by atoms with Crippen LogP contribution < -0.4 is 5.32 Å². The Bertz CT molecular complexity index is 934. The van der Waals surface area contributed by atoms with Crippen LogP contribution in [0.15, 0.2) is 18.5 Å². The van der Waals surface area contributed by atoms with E-state index >= 15 is 0 Å². The fraction of sp³-hybridized carbons (Fsp3) is 0.421. The van der Waals surface area contributed by atoms with Gasteiger partial charge in [0.2, 0.25) is 0 Å². The molecule has 1 amide bonds. The van der Waals surface area contributed by atoms with Crippen LogP contribution in [0.3, 0.4) is 0 Å². The molecule has 2 aromatic heterocycles. The van der Waals surface area contributed by atoms with Gasteiger partial charge < -0.3 is 5.32 Å². The summed E-state index contributed by atoms with van der Waals surface area (Å²) in [6.07, 6.45) is 4.28. The van der Waals surface area contributed by atoms with Crippen LogP contribution in [0.25, 0.3) is 0 Å². The summed E-state index contributed by atoms with van der Waals surface area (Å²) in [6.45, 7) is 0.192. The molecule has 1 saturated carbocycles. The Morgan fingerprint density at radius 2 is 2.21 bits per heavy atom. The van der Waals surface area contributed by atoms with E-state index in [1.54, 1.807) is 12.3 Å². The molecule has 0 aromatic carbocycles. The second kappa shape index (κ2) is 8.93. The lowest BCUT2D eigenvalue weighted by molar-refractivity contribution is 0.0939. The highest BCUT2D eigenvalue weighted by molar-refractivity contribution is 7.98. The molecule has 1 unspecified atom stereocenters. The number of alkyl halides is 2. The normalized spacial score (nSPS) is 14.5. The molecule has 0 spiro atoms. The minimum absolute atomic E-state index is 0.137. The van der Waals surface area contributed by atoms with Crippen molar-refractivity contribution < 1.29 is 13.6 Å². The zero-order valence-electron chi connectivity index (χ0n) is 15.4. The van der Waals surface area contributed by atoms with Crippen LogP contribution in [0.5, 0.6) is 0 Å². The smallest absolute Gasteiger partial charge is 0.282 e. The zero-order chi connectivity index (χ0) is 20.3. The number of amides is 1. The lowest BCUT2D eigenvalue weighted by atomic mass is 10.2. The van der Waals surface area contributed by atoms with E-state index in [1.807, 2.05) is 6.26 Å². The van der Waals surface area contributed by atoms with Gasteiger partial charge in [0.25, 0.3) is 12.3 Å². The van der Waals surface area contributed by atoms with Gasteiger partial charge in [-0.1, -0.05) is 23.4 Å². The Labute approximate surface area is 171 Å². The monoisotopic (exact) mass is 424 g/mol. The Balaban J connectivity index is 1.69. The van der Waals surface area contributed by atoms with Crippen LogP contribution in [0.4, 0.5) is 8.78 Å². The molecule has 2 heterocycles. The molecule has 148 valence electrons. The number of hydrogen-bond donors (Lipinski definition) is 1. The summed E-state index contributed by atoms with van der Waals surface area (Å²) in [5, 5.41) is 6.56. The molecule has 0 aliphatic heterocycles. The average molecular weight is 425 g/mol. The predicted molar refractivity (Wildman–Crippen MR) is 106 cm³/mol. The second-order valence-corrected chi connectivity index (χ2v) is 7.92. The molecule has 0 radical (unpaired) electrons. The molecule has 1 fully saturated rings. The molecular weight excluding hydrogens is 406 g/mol. The summed E-state index contributed by atoms with van der Waals surface area (Å²) in [5.74, 6) is 6.10. The van der Waals surface area contributed by atoms with Crippen LogP contribution in [-0.4, -0.2) is 33.5 Å². The maximum absolute atomic E-state index is 13.0. The molecule has 9 heteroatoms. The number of pyridine rings is 1. The van der Waals surface area contributed by atoms with Crippen molar-refractivity contribution in [3.05, 3.63) is 46.0 Å². The molecule has 0 saturated heterocycles. The summed E-state index contributed by atoms with van der Waals surface area (Å²) in [4.78, 5) is 16.8. The van der Waals surface area contributed by atoms with Gasteiger partial charge in [0.1, 0.15) is 5.69 Å². The van der Waals surface area contributed by atoms with Gasteiger partial charge in [0, 0.05) is 37.5 Å². The van der Waals surface area contributed by atoms with Crippen molar-refractivity contribution >= 4 is 29.3 Å². The van der Waals surface area contributed by atoms with Crippen molar-refractivity contribution in [1.82, 2.24) is 20.1 Å². The number of halogens is 3.